The number of nitrogens with zero attached hydrogens (tertiary/aromatic N) is 2. The topological polar surface area (TPSA) is 33.2 Å². The van der Waals surface area contributed by atoms with Crippen LogP contribution in [0.3, 0.4) is 0 Å². The van der Waals surface area contributed by atoms with Crippen LogP contribution in [-0.4, -0.2) is 23.9 Å². The number of hydrogen-bond donors (Lipinski definition) is 0. The van der Waals surface area contributed by atoms with Crippen LogP contribution in [0.5, 0.6) is 0 Å². The fourth-order valence-corrected chi connectivity index (χ4v) is 3.77. The Balaban J connectivity index is 2.15. The largest absolute Gasteiger partial charge is 0.348 e. The lowest BCUT2D eigenvalue weighted by molar-refractivity contribution is 0.102. The molecular weight excluding hydrogens is 244 g/mol. The number of aromatic nitrogens is 1. The molecule has 1 aliphatic rings. The van der Waals surface area contributed by atoms with E-state index in [0.717, 1.165) is 21.6 Å². The van der Waals surface area contributed by atoms with Gasteiger partial charge in [-0.2, -0.15) is 0 Å². The molecule has 0 bridgehead atoms. The van der Waals surface area contributed by atoms with Gasteiger partial charge < -0.3 is 4.90 Å². The minimum absolute atomic E-state index is 0.127. The molecule has 0 aromatic carbocycles. The summed E-state index contributed by atoms with van der Waals surface area (Å²) < 4.78 is 0. The first-order valence-electron chi connectivity index (χ1n) is 6.70. The van der Waals surface area contributed by atoms with Gasteiger partial charge in [-0.15, -0.1) is 0 Å². The summed E-state index contributed by atoms with van der Waals surface area (Å²) in [5.41, 5.74) is 0.873. The molecule has 0 radical (unpaired) electrons. The van der Waals surface area contributed by atoms with Crippen molar-refractivity contribution in [2.24, 2.45) is 5.92 Å². The second-order valence-electron chi connectivity index (χ2n) is 5.50. The van der Waals surface area contributed by atoms with E-state index >= 15 is 0 Å². The number of thiazole rings is 1. The van der Waals surface area contributed by atoms with Crippen LogP contribution in [0.25, 0.3) is 0 Å². The van der Waals surface area contributed by atoms with E-state index in [9.17, 15) is 4.79 Å². The summed E-state index contributed by atoms with van der Waals surface area (Å²) in [5, 5.41) is 0.997. The molecule has 100 valence electrons. The second-order valence-corrected chi connectivity index (χ2v) is 6.48. The number of aryl methyl sites for hydroxylation is 1. The van der Waals surface area contributed by atoms with Crippen molar-refractivity contribution in [3.05, 3.63) is 10.6 Å². The molecule has 18 heavy (non-hydrogen) atoms. The van der Waals surface area contributed by atoms with Crippen LogP contribution in [0.2, 0.25) is 0 Å². The molecule has 0 N–H and O–H groups in total. The van der Waals surface area contributed by atoms with Crippen molar-refractivity contribution >= 4 is 22.3 Å². The van der Waals surface area contributed by atoms with Gasteiger partial charge in [0.15, 0.2) is 10.9 Å². The van der Waals surface area contributed by atoms with E-state index in [1.54, 1.807) is 6.92 Å². The first-order valence-corrected chi connectivity index (χ1v) is 7.52. The highest BCUT2D eigenvalue weighted by Crippen LogP contribution is 2.32. The number of Topliss-reactive ketones (excluding diaryl/α,β-unsaturated/α-hetero) is 1. The normalized spacial score (nSPS) is 24.0. The molecule has 2 rings (SSSR count). The Morgan fingerprint density at radius 3 is 2.72 bits per heavy atom. The van der Waals surface area contributed by atoms with Gasteiger partial charge >= 0.3 is 0 Å². The number of carbonyl (C=O) groups is 1. The highest BCUT2D eigenvalue weighted by atomic mass is 32.1. The molecule has 4 heteroatoms. The zero-order valence-electron chi connectivity index (χ0n) is 11.7. The average molecular weight is 266 g/mol. The minimum Gasteiger partial charge on any atom is -0.348 e. The van der Waals surface area contributed by atoms with E-state index in [1.165, 1.54) is 37.0 Å². The molecule has 1 saturated carbocycles. The number of anilines is 1. The third-order valence-corrected chi connectivity index (χ3v) is 5.21. The molecule has 1 fully saturated rings. The smallest absolute Gasteiger partial charge is 0.186 e. The predicted molar refractivity (Wildman–Crippen MR) is 76.7 cm³/mol. The van der Waals surface area contributed by atoms with Crippen molar-refractivity contribution in [2.45, 2.75) is 52.5 Å². The van der Waals surface area contributed by atoms with E-state index in [-0.39, 0.29) is 5.78 Å². The fraction of sp³-hybridized carbons (Fsp3) is 0.714. The van der Waals surface area contributed by atoms with Crippen LogP contribution in [0.1, 0.15) is 54.9 Å². The molecule has 2 atom stereocenters. The lowest BCUT2D eigenvalue weighted by Crippen LogP contribution is -2.35. The first kappa shape index (κ1) is 13.5. The van der Waals surface area contributed by atoms with E-state index in [1.807, 2.05) is 6.92 Å². The van der Waals surface area contributed by atoms with Gasteiger partial charge in [0, 0.05) is 20.0 Å². The number of hydrogen-bond acceptors (Lipinski definition) is 4. The van der Waals surface area contributed by atoms with Gasteiger partial charge in [-0.1, -0.05) is 31.1 Å². The highest BCUT2D eigenvalue weighted by molar-refractivity contribution is 7.17. The Morgan fingerprint density at radius 2 is 2.17 bits per heavy atom. The summed E-state index contributed by atoms with van der Waals surface area (Å²) in [4.78, 5) is 19.1. The summed E-state index contributed by atoms with van der Waals surface area (Å²) in [5.74, 6) is 0.932. The molecule has 0 saturated heterocycles. The Hall–Kier alpha value is -0.900. The number of rotatable bonds is 3. The molecule has 0 amide bonds. The molecule has 1 aromatic rings. The maximum atomic E-state index is 11.5. The monoisotopic (exact) mass is 266 g/mol. The summed E-state index contributed by atoms with van der Waals surface area (Å²) in [7, 11) is 2.12. The van der Waals surface area contributed by atoms with Crippen LogP contribution < -0.4 is 4.90 Å². The summed E-state index contributed by atoms with van der Waals surface area (Å²) in [6, 6.07) is 0.583. The quantitative estimate of drug-likeness (QED) is 0.783. The molecule has 0 aliphatic heterocycles. The van der Waals surface area contributed by atoms with E-state index in [2.05, 4.69) is 23.9 Å². The van der Waals surface area contributed by atoms with Gasteiger partial charge in [0.1, 0.15) is 0 Å². The van der Waals surface area contributed by atoms with E-state index < -0.39 is 0 Å². The predicted octanol–water partition coefficient (Wildman–Crippen LogP) is 3.67. The van der Waals surface area contributed by atoms with Crippen molar-refractivity contribution in [1.82, 2.24) is 4.98 Å². The van der Waals surface area contributed by atoms with Crippen molar-refractivity contribution < 1.29 is 4.79 Å². The van der Waals surface area contributed by atoms with E-state index in [4.69, 9.17) is 0 Å². The molecule has 1 aliphatic carbocycles. The van der Waals surface area contributed by atoms with Crippen LogP contribution in [0.4, 0.5) is 5.13 Å². The molecule has 1 heterocycles. The van der Waals surface area contributed by atoms with Gasteiger partial charge in [0.25, 0.3) is 0 Å². The highest BCUT2D eigenvalue weighted by Gasteiger charge is 2.25. The maximum absolute atomic E-state index is 11.5. The van der Waals surface area contributed by atoms with Gasteiger partial charge in [-0.3, -0.25) is 4.79 Å². The molecule has 3 nitrogen and oxygen atoms in total. The lowest BCUT2D eigenvalue weighted by atomic mass is 9.86. The van der Waals surface area contributed by atoms with E-state index in [0.29, 0.717) is 6.04 Å². The van der Waals surface area contributed by atoms with Crippen LogP contribution in [0.15, 0.2) is 0 Å². The van der Waals surface area contributed by atoms with Crippen molar-refractivity contribution in [3.8, 4) is 0 Å². The number of ketones is 1. The van der Waals surface area contributed by atoms with Crippen LogP contribution in [0, 0.1) is 12.8 Å². The fourth-order valence-electron chi connectivity index (χ4n) is 2.77. The second kappa shape index (κ2) is 5.39. The first-order chi connectivity index (χ1) is 8.49. The Bertz CT molecular complexity index is 441. The van der Waals surface area contributed by atoms with Crippen molar-refractivity contribution in [3.63, 3.8) is 0 Å². The SMILES string of the molecule is CC(=O)c1sc(N(C)C2CCCC(C)C2)nc1C. The standard InChI is InChI=1S/C14H22N2OS/c1-9-6-5-7-12(8-9)16(4)14-15-10(2)13(18-14)11(3)17/h9,12H,5-8H2,1-4H3. The summed E-state index contributed by atoms with van der Waals surface area (Å²) >= 11 is 1.54. The average Bonchev–Trinajstić information content (AvgIpc) is 2.70. The Morgan fingerprint density at radius 1 is 1.44 bits per heavy atom. The minimum atomic E-state index is 0.127. The van der Waals surface area contributed by atoms with Gasteiger partial charge in [0.05, 0.1) is 10.6 Å². The third kappa shape index (κ3) is 2.74. The molecule has 0 spiro atoms. The molecule has 1 aromatic heterocycles. The van der Waals surface area contributed by atoms with Gasteiger partial charge in [0.2, 0.25) is 0 Å². The zero-order valence-corrected chi connectivity index (χ0v) is 12.5. The van der Waals surface area contributed by atoms with Gasteiger partial charge in [-0.25, -0.2) is 4.98 Å². The van der Waals surface area contributed by atoms with Gasteiger partial charge in [-0.05, 0) is 25.7 Å². The summed E-state index contributed by atoms with van der Waals surface area (Å²) in [6.07, 6.45) is 5.14. The van der Waals surface area contributed by atoms with Crippen molar-refractivity contribution in [1.29, 1.82) is 0 Å². The summed E-state index contributed by atoms with van der Waals surface area (Å²) in [6.45, 7) is 5.87. The van der Waals surface area contributed by atoms with Crippen LogP contribution in [-0.2, 0) is 0 Å². The Labute approximate surface area is 113 Å². The van der Waals surface area contributed by atoms with Crippen LogP contribution >= 0.6 is 11.3 Å². The zero-order chi connectivity index (χ0) is 13.3. The Kier molecular flexibility index (Phi) is 4.05. The maximum Gasteiger partial charge on any atom is 0.186 e. The molecule has 2 unspecified atom stereocenters. The van der Waals surface area contributed by atoms with Crippen molar-refractivity contribution in [2.75, 3.05) is 11.9 Å². The lowest BCUT2D eigenvalue weighted by Gasteiger charge is -2.33. The molecular formula is C14H22N2OS. The third-order valence-electron chi connectivity index (χ3n) is 3.86. The number of carbonyl (C=O) groups excluding carboxylic acids is 1.